The molecular formula is C15H14BrN3O2. The van der Waals surface area contributed by atoms with E-state index in [0.717, 1.165) is 0 Å². The Bertz CT molecular complexity index is 656. The molecule has 0 aliphatic rings. The van der Waals surface area contributed by atoms with Gasteiger partial charge in [0.2, 0.25) is 0 Å². The molecule has 0 radical (unpaired) electrons. The number of benzene rings is 1. The molecule has 21 heavy (non-hydrogen) atoms. The first-order valence-electron chi connectivity index (χ1n) is 6.41. The van der Waals surface area contributed by atoms with Gasteiger partial charge >= 0.3 is 0 Å². The molecule has 6 heteroatoms. The van der Waals surface area contributed by atoms with Gasteiger partial charge in [-0.25, -0.2) is 4.98 Å². The Hall–Kier alpha value is -2.21. The largest absolute Gasteiger partial charge is 0.352 e. The van der Waals surface area contributed by atoms with E-state index >= 15 is 0 Å². The zero-order valence-electron chi connectivity index (χ0n) is 11.4. The van der Waals surface area contributed by atoms with Crippen LogP contribution >= 0.6 is 15.9 Å². The van der Waals surface area contributed by atoms with Crippen LogP contribution in [0.4, 0.5) is 5.69 Å². The fraction of sp³-hybridized carbons (Fsp3) is 0.133. The molecule has 2 aromatic rings. The Morgan fingerprint density at radius 2 is 1.95 bits per heavy atom. The van der Waals surface area contributed by atoms with Gasteiger partial charge in [0, 0.05) is 24.0 Å². The number of nitrogens with one attached hydrogen (secondary N) is 2. The lowest BCUT2D eigenvalue weighted by Crippen LogP contribution is -2.22. The fourth-order valence-corrected chi connectivity index (χ4v) is 1.95. The molecule has 0 fully saturated rings. The number of hydrogen-bond acceptors (Lipinski definition) is 3. The van der Waals surface area contributed by atoms with Crippen LogP contribution in [0.15, 0.2) is 47.2 Å². The van der Waals surface area contributed by atoms with Crippen molar-refractivity contribution < 1.29 is 9.59 Å². The normalized spacial score (nSPS) is 10.0. The van der Waals surface area contributed by atoms with Crippen LogP contribution in [-0.4, -0.2) is 23.3 Å². The Balaban J connectivity index is 2.12. The Kier molecular flexibility index (Phi) is 5.05. The number of amides is 2. The number of pyridine rings is 1. The minimum atomic E-state index is -0.275. The van der Waals surface area contributed by atoms with E-state index in [0.29, 0.717) is 28.0 Å². The third-order valence-electron chi connectivity index (χ3n) is 2.71. The molecule has 0 unspecified atom stereocenters. The summed E-state index contributed by atoms with van der Waals surface area (Å²) in [5.74, 6) is -0.443. The molecule has 0 aliphatic carbocycles. The van der Waals surface area contributed by atoms with Gasteiger partial charge in [-0.1, -0.05) is 6.07 Å². The molecule has 0 saturated heterocycles. The highest BCUT2D eigenvalue weighted by Crippen LogP contribution is 2.13. The Morgan fingerprint density at radius 1 is 1.14 bits per heavy atom. The van der Waals surface area contributed by atoms with E-state index < -0.39 is 0 Å². The van der Waals surface area contributed by atoms with Crippen LogP contribution in [-0.2, 0) is 0 Å². The number of carbonyl (C=O) groups excluding carboxylic acids is 2. The number of aromatic nitrogens is 1. The van der Waals surface area contributed by atoms with Crippen molar-refractivity contribution in [3.63, 3.8) is 0 Å². The topological polar surface area (TPSA) is 71.1 Å². The number of nitrogens with zero attached hydrogens (tertiary/aromatic N) is 1. The highest BCUT2D eigenvalue weighted by Gasteiger charge is 2.09. The van der Waals surface area contributed by atoms with E-state index in [-0.39, 0.29) is 11.8 Å². The molecule has 0 spiro atoms. The Labute approximate surface area is 130 Å². The van der Waals surface area contributed by atoms with Gasteiger partial charge in [0.25, 0.3) is 11.8 Å². The van der Waals surface area contributed by atoms with Gasteiger partial charge in [-0.05, 0) is 53.2 Å². The van der Waals surface area contributed by atoms with Crippen molar-refractivity contribution in [3.8, 4) is 0 Å². The summed E-state index contributed by atoms with van der Waals surface area (Å²) in [6.07, 6.45) is 1.48. The molecule has 2 amide bonds. The minimum Gasteiger partial charge on any atom is -0.352 e. The lowest BCUT2D eigenvalue weighted by Gasteiger charge is -2.07. The summed E-state index contributed by atoms with van der Waals surface area (Å²) in [7, 11) is 0. The molecule has 108 valence electrons. The lowest BCUT2D eigenvalue weighted by atomic mass is 10.1. The second-order valence-electron chi connectivity index (χ2n) is 4.26. The number of anilines is 1. The van der Waals surface area contributed by atoms with E-state index in [4.69, 9.17) is 0 Å². The van der Waals surface area contributed by atoms with E-state index in [9.17, 15) is 9.59 Å². The molecule has 5 nitrogen and oxygen atoms in total. The van der Waals surface area contributed by atoms with Crippen LogP contribution in [0, 0.1) is 0 Å². The summed E-state index contributed by atoms with van der Waals surface area (Å²) in [6.45, 7) is 2.41. The van der Waals surface area contributed by atoms with Crippen molar-refractivity contribution in [1.29, 1.82) is 0 Å². The molecule has 0 saturated carbocycles. The predicted molar refractivity (Wildman–Crippen MR) is 84.3 cm³/mol. The van der Waals surface area contributed by atoms with Crippen molar-refractivity contribution in [3.05, 3.63) is 58.3 Å². The van der Waals surface area contributed by atoms with Crippen LogP contribution in [0.5, 0.6) is 0 Å². The summed E-state index contributed by atoms with van der Waals surface area (Å²) in [6, 6.07) is 10.1. The predicted octanol–water partition coefficient (Wildman–Crippen LogP) is 2.85. The van der Waals surface area contributed by atoms with E-state index in [1.165, 1.54) is 6.20 Å². The van der Waals surface area contributed by atoms with Gasteiger partial charge in [-0.2, -0.15) is 0 Å². The van der Waals surface area contributed by atoms with Crippen LogP contribution in [0.3, 0.4) is 0 Å². The van der Waals surface area contributed by atoms with Crippen molar-refractivity contribution in [1.82, 2.24) is 10.3 Å². The third kappa shape index (κ3) is 4.13. The van der Waals surface area contributed by atoms with Gasteiger partial charge in [0.1, 0.15) is 4.60 Å². The summed E-state index contributed by atoms with van der Waals surface area (Å²) in [5, 5.41) is 5.45. The fourth-order valence-electron chi connectivity index (χ4n) is 1.71. The number of halogens is 1. The van der Waals surface area contributed by atoms with Crippen LogP contribution in [0.1, 0.15) is 27.6 Å². The second kappa shape index (κ2) is 6.99. The monoisotopic (exact) mass is 347 g/mol. The van der Waals surface area contributed by atoms with Crippen molar-refractivity contribution >= 4 is 33.4 Å². The highest BCUT2D eigenvalue weighted by atomic mass is 79.9. The second-order valence-corrected chi connectivity index (χ2v) is 5.08. The van der Waals surface area contributed by atoms with Gasteiger partial charge in [-0.15, -0.1) is 0 Å². The summed E-state index contributed by atoms with van der Waals surface area (Å²) < 4.78 is 0.664. The molecule has 0 atom stereocenters. The standard InChI is InChI=1S/C15H14BrN3O2/c1-2-17-14(20)10-4-3-5-12(8-10)19-15(21)11-6-7-13(16)18-9-11/h3-9H,2H2,1H3,(H,17,20)(H,19,21). The summed E-state index contributed by atoms with van der Waals surface area (Å²) in [4.78, 5) is 27.8. The minimum absolute atomic E-state index is 0.168. The Morgan fingerprint density at radius 3 is 2.62 bits per heavy atom. The maximum Gasteiger partial charge on any atom is 0.257 e. The molecule has 1 aromatic heterocycles. The van der Waals surface area contributed by atoms with Gasteiger partial charge in [0.15, 0.2) is 0 Å². The average Bonchev–Trinajstić information content (AvgIpc) is 2.48. The highest BCUT2D eigenvalue weighted by molar-refractivity contribution is 9.10. The van der Waals surface area contributed by atoms with Gasteiger partial charge in [-0.3, -0.25) is 9.59 Å². The quantitative estimate of drug-likeness (QED) is 0.835. The molecule has 2 N–H and O–H groups in total. The smallest absolute Gasteiger partial charge is 0.257 e. The van der Waals surface area contributed by atoms with Crippen LogP contribution in [0.2, 0.25) is 0 Å². The third-order valence-corrected chi connectivity index (χ3v) is 3.18. The zero-order chi connectivity index (χ0) is 15.2. The number of carbonyl (C=O) groups is 2. The SMILES string of the molecule is CCNC(=O)c1cccc(NC(=O)c2ccc(Br)nc2)c1. The molecule has 1 heterocycles. The first-order chi connectivity index (χ1) is 10.1. The maximum atomic E-state index is 12.1. The molecular weight excluding hydrogens is 334 g/mol. The maximum absolute atomic E-state index is 12.1. The van der Waals surface area contributed by atoms with E-state index in [1.54, 1.807) is 36.4 Å². The molecule has 2 rings (SSSR count). The van der Waals surface area contributed by atoms with Crippen molar-refractivity contribution in [2.75, 3.05) is 11.9 Å². The first-order valence-corrected chi connectivity index (χ1v) is 7.20. The lowest BCUT2D eigenvalue weighted by molar-refractivity contribution is 0.0954. The van der Waals surface area contributed by atoms with E-state index in [1.807, 2.05) is 6.92 Å². The van der Waals surface area contributed by atoms with Crippen LogP contribution in [0.25, 0.3) is 0 Å². The average molecular weight is 348 g/mol. The molecule has 0 aliphatic heterocycles. The first kappa shape index (κ1) is 15.2. The number of hydrogen-bond donors (Lipinski definition) is 2. The van der Waals surface area contributed by atoms with Crippen molar-refractivity contribution in [2.24, 2.45) is 0 Å². The summed E-state index contributed by atoms with van der Waals surface area (Å²) >= 11 is 3.21. The van der Waals surface area contributed by atoms with Gasteiger partial charge < -0.3 is 10.6 Å². The van der Waals surface area contributed by atoms with Crippen LogP contribution < -0.4 is 10.6 Å². The molecule has 0 bridgehead atoms. The zero-order valence-corrected chi connectivity index (χ0v) is 13.0. The van der Waals surface area contributed by atoms with E-state index in [2.05, 4.69) is 31.5 Å². The summed E-state index contributed by atoms with van der Waals surface area (Å²) in [5.41, 5.74) is 1.51. The van der Waals surface area contributed by atoms with Gasteiger partial charge in [0.05, 0.1) is 5.56 Å². The number of rotatable bonds is 4. The molecule has 1 aromatic carbocycles. The van der Waals surface area contributed by atoms with Crippen molar-refractivity contribution in [2.45, 2.75) is 6.92 Å².